The number of halogens is 4. The summed E-state index contributed by atoms with van der Waals surface area (Å²) in [5.41, 5.74) is 0.0183. The average molecular weight is 464 g/mol. The Kier molecular flexibility index (Phi) is 7.65. The van der Waals surface area contributed by atoms with Crippen LogP contribution in [0.4, 0.5) is 11.4 Å². The van der Waals surface area contributed by atoms with Gasteiger partial charge in [0, 0.05) is 12.1 Å². The number of para-hydroxylation sites is 1. The molecule has 0 saturated heterocycles. The van der Waals surface area contributed by atoms with Crippen LogP contribution in [0.3, 0.4) is 0 Å². The summed E-state index contributed by atoms with van der Waals surface area (Å²) in [6, 6.07) is 7.14. The van der Waals surface area contributed by atoms with Crippen molar-refractivity contribution in [3.05, 3.63) is 72.2 Å². The maximum absolute atomic E-state index is 12.0. The van der Waals surface area contributed by atoms with E-state index in [-0.39, 0.29) is 37.0 Å². The third-order valence-corrected chi connectivity index (χ3v) is 4.83. The van der Waals surface area contributed by atoms with E-state index in [1.54, 1.807) is 6.07 Å². The summed E-state index contributed by atoms with van der Waals surface area (Å²) in [5.74, 6) is -1.62. The van der Waals surface area contributed by atoms with Crippen LogP contribution in [-0.2, 0) is 14.3 Å². The lowest BCUT2D eigenvalue weighted by Gasteiger charge is -2.11. The zero-order valence-corrected chi connectivity index (χ0v) is 16.8. The van der Waals surface area contributed by atoms with Crippen molar-refractivity contribution in [1.29, 1.82) is 0 Å². The van der Waals surface area contributed by atoms with Gasteiger partial charge in [-0.1, -0.05) is 58.5 Å². The minimum absolute atomic E-state index is 0.0164. The van der Waals surface area contributed by atoms with Gasteiger partial charge in [-0.05, 0) is 18.2 Å². The Balaban J connectivity index is 1.99. The number of carbonyl (C=O) groups is 2. The highest BCUT2D eigenvalue weighted by Gasteiger charge is 2.17. The molecule has 2 rings (SSSR count). The van der Waals surface area contributed by atoms with Gasteiger partial charge in [0.1, 0.15) is 0 Å². The molecule has 28 heavy (non-hydrogen) atoms. The normalized spacial score (nSPS) is 10.7. The number of benzene rings is 2. The average Bonchev–Trinajstić information content (AvgIpc) is 2.66. The van der Waals surface area contributed by atoms with E-state index in [4.69, 9.17) is 51.1 Å². The fraction of sp³-hybridized carbons (Fsp3) is 0.0588. The van der Waals surface area contributed by atoms with Gasteiger partial charge in [0.05, 0.1) is 36.3 Å². The first-order valence-electron chi connectivity index (χ1n) is 7.41. The molecule has 0 heterocycles. The second kappa shape index (κ2) is 9.75. The number of ether oxygens (including phenoxy) is 1. The monoisotopic (exact) mass is 462 g/mol. The summed E-state index contributed by atoms with van der Waals surface area (Å²) in [6.45, 7) is -0.656. The van der Waals surface area contributed by atoms with Gasteiger partial charge in [0.15, 0.2) is 6.61 Å². The molecule has 0 aliphatic carbocycles. The summed E-state index contributed by atoms with van der Waals surface area (Å²) in [6.07, 6.45) is 2.18. The zero-order chi connectivity index (χ0) is 20.8. The number of nitro groups is 1. The van der Waals surface area contributed by atoms with Gasteiger partial charge >= 0.3 is 5.97 Å². The number of hydrogen-bond donors (Lipinski definition) is 1. The van der Waals surface area contributed by atoms with Gasteiger partial charge in [-0.2, -0.15) is 0 Å². The molecule has 7 nitrogen and oxygen atoms in total. The van der Waals surface area contributed by atoms with Gasteiger partial charge in [0.25, 0.3) is 11.6 Å². The Bertz CT molecular complexity index is 952. The van der Waals surface area contributed by atoms with Crippen LogP contribution in [0, 0.1) is 10.1 Å². The summed E-state index contributed by atoms with van der Waals surface area (Å²) in [4.78, 5) is 34.0. The molecule has 2 aromatic rings. The Morgan fingerprint density at radius 2 is 1.71 bits per heavy atom. The minimum Gasteiger partial charge on any atom is -0.452 e. The van der Waals surface area contributed by atoms with Crippen LogP contribution < -0.4 is 5.32 Å². The number of amides is 1. The van der Waals surface area contributed by atoms with Gasteiger partial charge in [0.2, 0.25) is 0 Å². The molecule has 0 fully saturated rings. The van der Waals surface area contributed by atoms with Gasteiger partial charge in [-0.25, -0.2) is 4.79 Å². The van der Waals surface area contributed by atoms with Crippen LogP contribution in [0.5, 0.6) is 0 Å². The maximum Gasteiger partial charge on any atom is 0.331 e. The highest BCUT2D eigenvalue weighted by atomic mass is 35.5. The first-order chi connectivity index (χ1) is 13.2. The van der Waals surface area contributed by atoms with Crippen molar-refractivity contribution in [2.45, 2.75) is 0 Å². The van der Waals surface area contributed by atoms with Crippen molar-refractivity contribution >= 4 is 75.7 Å². The summed E-state index contributed by atoms with van der Waals surface area (Å²) in [5, 5.41) is 13.4. The molecular weight excluding hydrogens is 454 g/mol. The first kappa shape index (κ1) is 22.0. The standard InChI is InChI=1S/C17H10Cl4N2O5/c18-10-7-11(19)16(21)17(15(10)20)22-13(24)8-28-14(25)6-5-9-3-1-2-4-12(9)23(26)27/h1-7H,8H2,(H,22,24)/b6-5+. The van der Waals surface area contributed by atoms with Crippen molar-refractivity contribution in [1.82, 2.24) is 0 Å². The lowest BCUT2D eigenvalue weighted by atomic mass is 10.1. The quantitative estimate of drug-likeness (QED) is 0.203. The second-order valence-electron chi connectivity index (χ2n) is 5.15. The number of nitro benzene ring substituents is 1. The van der Waals surface area contributed by atoms with Gasteiger partial charge in [-0.15, -0.1) is 0 Å². The number of esters is 1. The number of rotatable bonds is 6. The molecule has 0 unspecified atom stereocenters. The second-order valence-corrected chi connectivity index (χ2v) is 6.72. The molecule has 0 atom stereocenters. The van der Waals surface area contributed by atoms with Crippen LogP contribution in [-0.4, -0.2) is 23.4 Å². The lowest BCUT2D eigenvalue weighted by Crippen LogP contribution is -2.20. The molecule has 2 aromatic carbocycles. The molecule has 0 aromatic heterocycles. The van der Waals surface area contributed by atoms with Gasteiger partial charge < -0.3 is 10.1 Å². The van der Waals surface area contributed by atoms with E-state index < -0.39 is 23.4 Å². The van der Waals surface area contributed by atoms with E-state index in [2.05, 4.69) is 5.32 Å². The fourth-order valence-electron chi connectivity index (χ4n) is 2.00. The number of anilines is 1. The van der Waals surface area contributed by atoms with E-state index in [0.717, 1.165) is 6.08 Å². The summed E-state index contributed by atoms with van der Waals surface area (Å²) < 4.78 is 4.78. The van der Waals surface area contributed by atoms with E-state index in [9.17, 15) is 19.7 Å². The molecule has 11 heteroatoms. The van der Waals surface area contributed by atoms with E-state index in [1.807, 2.05) is 0 Å². The molecule has 0 spiro atoms. The van der Waals surface area contributed by atoms with E-state index >= 15 is 0 Å². The summed E-state index contributed by atoms with van der Waals surface area (Å²) in [7, 11) is 0. The predicted octanol–water partition coefficient (Wildman–Crippen LogP) is 5.40. The number of nitrogens with one attached hydrogen (secondary N) is 1. The summed E-state index contributed by atoms with van der Waals surface area (Å²) >= 11 is 23.7. The Morgan fingerprint density at radius 1 is 1.11 bits per heavy atom. The van der Waals surface area contributed by atoms with Crippen LogP contribution in [0.15, 0.2) is 36.4 Å². The van der Waals surface area contributed by atoms with Gasteiger partial charge in [-0.3, -0.25) is 14.9 Å². The number of nitrogens with zero attached hydrogens (tertiary/aromatic N) is 1. The van der Waals surface area contributed by atoms with Crippen LogP contribution in [0.25, 0.3) is 6.08 Å². The van der Waals surface area contributed by atoms with Crippen molar-refractivity contribution in [3.8, 4) is 0 Å². The lowest BCUT2D eigenvalue weighted by molar-refractivity contribution is -0.385. The number of carbonyl (C=O) groups excluding carboxylic acids is 2. The molecule has 0 aliphatic rings. The zero-order valence-electron chi connectivity index (χ0n) is 13.7. The molecule has 0 saturated carbocycles. The molecule has 0 aliphatic heterocycles. The number of hydrogen-bond acceptors (Lipinski definition) is 5. The van der Waals surface area contributed by atoms with Crippen LogP contribution in [0.2, 0.25) is 20.1 Å². The predicted molar refractivity (Wildman–Crippen MR) is 108 cm³/mol. The molecule has 146 valence electrons. The fourth-order valence-corrected chi connectivity index (χ4v) is 2.90. The molecule has 0 bridgehead atoms. The van der Waals surface area contributed by atoms with Crippen LogP contribution in [0.1, 0.15) is 5.56 Å². The van der Waals surface area contributed by atoms with Crippen molar-refractivity contribution in [2.75, 3.05) is 11.9 Å². The largest absolute Gasteiger partial charge is 0.452 e. The minimum atomic E-state index is -0.880. The Morgan fingerprint density at radius 3 is 2.32 bits per heavy atom. The molecular formula is C17H10Cl4N2O5. The third kappa shape index (κ3) is 5.59. The van der Waals surface area contributed by atoms with Crippen molar-refractivity contribution < 1.29 is 19.2 Å². The maximum atomic E-state index is 12.0. The van der Waals surface area contributed by atoms with Crippen molar-refractivity contribution in [3.63, 3.8) is 0 Å². The molecule has 1 amide bonds. The SMILES string of the molecule is O=C(COC(=O)/C=C/c1ccccc1[N+](=O)[O-])Nc1c(Cl)c(Cl)cc(Cl)c1Cl. The third-order valence-electron chi connectivity index (χ3n) is 3.25. The Labute approximate surface area is 178 Å². The highest BCUT2D eigenvalue weighted by Crippen LogP contribution is 2.40. The van der Waals surface area contributed by atoms with Crippen molar-refractivity contribution in [2.24, 2.45) is 0 Å². The highest BCUT2D eigenvalue weighted by molar-refractivity contribution is 6.50. The van der Waals surface area contributed by atoms with E-state index in [0.29, 0.717) is 0 Å². The first-order valence-corrected chi connectivity index (χ1v) is 8.93. The van der Waals surface area contributed by atoms with E-state index in [1.165, 1.54) is 30.3 Å². The van der Waals surface area contributed by atoms with Crippen LogP contribution >= 0.6 is 46.4 Å². The molecule has 1 N–H and O–H groups in total. The topological polar surface area (TPSA) is 98.5 Å². The Hall–Kier alpha value is -2.32. The smallest absolute Gasteiger partial charge is 0.331 e. The molecule has 0 radical (unpaired) electrons.